The van der Waals surface area contributed by atoms with E-state index < -0.39 is 10.0 Å². The van der Waals surface area contributed by atoms with Gasteiger partial charge in [-0.3, -0.25) is 0 Å². The van der Waals surface area contributed by atoms with Crippen molar-refractivity contribution in [2.45, 2.75) is 35.9 Å². The average Bonchev–Trinajstić information content (AvgIpc) is 2.77. The first-order valence-corrected chi connectivity index (χ1v) is 10.4. The summed E-state index contributed by atoms with van der Waals surface area (Å²) in [4.78, 5) is 0.692. The average molecular weight is 490 g/mol. The maximum Gasteiger partial charge on any atom is 0.241 e. The monoisotopic (exact) mass is 487 g/mol. The molecule has 0 aromatic heterocycles. The molecular weight excluding hydrogens is 474 g/mol. The second-order valence-corrected chi connectivity index (χ2v) is 9.71. The lowest BCUT2D eigenvalue weighted by molar-refractivity contribution is 0.529. The van der Waals surface area contributed by atoms with Crippen LogP contribution in [0.5, 0.6) is 0 Å². The zero-order valence-corrected chi connectivity index (χ0v) is 16.6. The lowest BCUT2D eigenvalue weighted by atomic mass is 10.1. The smallest absolute Gasteiger partial charge is 0.211 e. The highest BCUT2D eigenvalue weighted by Crippen LogP contribution is 2.32. The zero-order chi connectivity index (χ0) is 14.9. The van der Waals surface area contributed by atoms with Crippen LogP contribution in [0.15, 0.2) is 26.0 Å². The molecule has 1 N–H and O–H groups in total. The van der Waals surface area contributed by atoms with Crippen LogP contribution in [0.25, 0.3) is 0 Å². The van der Waals surface area contributed by atoms with E-state index >= 15 is 0 Å². The summed E-state index contributed by atoms with van der Waals surface area (Å²) in [6.45, 7) is 2.41. The molecule has 7 heteroatoms. The third kappa shape index (κ3) is 3.85. The van der Waals surface area contributed by atoms with Gasteiger partial charge in [-0.05, 0) is 59.3 Å². The third-order valence-electron chi connectivity index (χ3n) is 3.60. The van der Waals surface area contributed by atoms with Crippen molar-refractivity contribution in [3.8, 4) is 0 Å². The molecule has 112 valence electrons. The molecule has 0 aliphatic heterocycles. The minimum Gasteiger partial charge on any atom is -0.211 e. The Morgan fingerprint density at radius 2 is 1.95 bits per heavy atom. The third-order valence-corrected chi connectivity index (χ3v) is 8.05. The van der Waals surface area contributed by atoms with Crippen LogP contribution in [0, 0.1) is 12.8 Å². The van der Waals surface area contributed by atoms with E-state index in [-0.39, 0.29) is 4.90 Å². The summed E-state index contributed by atoms with van der Waals surface area (Å²) < 4.78 is 28.9. The molecule has 0 amide bonds. The molecular formula is C13H16Br3NO2S. The van der Waals surface area contributed by atoms with Crippen LogP contribution in [-0.2, 0) is 10.0 Å². The lowest BCUT2D eigenvalue weighted by Gasteiger charge is -2.16. The van der Waals surface area contributed by atoms with Gasteiger partial charge in [-0.25, -0.2) is 13.1 Å². The Balaban J connectivity index is 2.16. The van der Waals surface area contributed by atoms with E-state index in [0.29, 0.717) is 21.8 Å². The maximum atomic E-state index is 12.4. The minimum absolute atomic E-state index is 0.277. The summed E-state index contributed by atoms with van der Waals surface area (Å²) in [5, 5.41) is 0. The Kier molecular flexibility index (Phi) is 5.73. The van der Waals surface area contributed by atoms with Crippen molar-refractivity contribution in [3.63, 3.8) is 0 Å². The molecule has 2 unspecified atom stereocenters. The molecule has 2 rings (SSSR count). The molecule has 0 bridgehead atoms. The molecule has 20 heavy (non-hydrogen) atoms. The highest BCUT2D eigenvalue weighted by Gasteiger charge is 2.27. The predicted octanol–water partition coefficient (Wildman–Crippen LogP) is 4.36. The lowest BCUT2D eigenvalue weighted by Crippen LogP contribution is -2.31. The van der Waals surface area contributed by atoms with E-state index in [0.717, 1.165) is 29.3 Å². The van der Waals surface area contributed by atoms with Crippen molar-refractivity contribution >= 4 is 57.8 Å². The quantitative estimate of drug-likeness (QED) is 0.639. The van der Waals surface area contributed by atoms with Crippen molar-refractivity contribution < 1.29 is 8.42 Å². The molecule has 0 saturated heterocycles. The van der Waals surface area contributed by atoms with Crippen LogP contribution in [0.2, 0.25) is 0 Å². The Morgan fingerprint density at radius 3 is 2.55 bits per heavy atom. The summed E-state index contributed by atoms with van der Waals surface area (Å²) >= 11 is 10.3. The molecule has 0 spiro atoms. The first-order valence-electron chi connectivity index (χ1n) is 6.40. The molecule has 0 heterocycles. The van der Waals surface area contributed by atoms with Gasteiger partial charge in [-0.2, -0.15) is 0 Å². The van der Waals surface area contributed by atoms with Gasteiger partial charge in [-0.15, -0.1) is 0 Å². The van der Waals surface area contributed by atoms with E-state index in [1.807, 2.05) is 13.0 Å². The Hall–Kier alpha value is 0.570. The summed E-state index contributed by atoms with van der Waals surface area (Å²) in [7, 11) is -3.49. The van der Waals surface area contributed by atoms with Gasteiger partial charge in [0.25, 0.3) is 0 Å². The van der Waals surface area contributed by atoms with Crippen molar-refractivity contribution in [3.05, 3.63) is 26.6 Å². The van der Waals surface area contributed by atoms with Crippen LogP contribution >= 0.6 is 47.8 Å². The van der Waals surface area contributed by atoms with Crippen molar-refractivity contribution in [1.82, 2.24) is 4.72 Å². The van der Waals surface area contributed by atoms with Gasteiger partial charge in [-0.1, -0.05) is 38.3 Å². The summed E-state index contributed by atoms with van der Waals surface area (Å²) in [6, 6.07) is 3.45. The standard InChI is InChI=1S/C13H16Br3NO2S/c1-8-5-12(16)13(6-11(8)15)20(18,19)17-7-9-3-2-4-10(9)14/h5-6,9-10,17H,2-4,7H2,1H3. The highest BCUT2D eigenvalue weighted by atomic mass is 79.9. The van der Waals surface area contributed by atoms with E-state index in [1.165, 1.54) is 0 Å². The SMILES string of the molecule is Cc1cc(Br)c(S(=O)(=O)NCC2CCCC2Br)cc1Br. The number of hydrogen-bond donors (Lipinski definition) is 1. The zero-order valence-electron chi connectivity index (χ0n) is 11.0. The number of nitrogens with one attached hydrogen (secondary N) is 1. The number of halogens is 3. The predicted molar refractivity (Wildman–Crippen MR) is 91.8 cm³/mol. The summed E-state index contributed by atoms with van der Waals surface area (Å²) in [5.74, 6) is 0.373. The van der Waals surface area contributed by atoms with Crippen molar-refractivity contribution in [2.24, 2.45) is 5.92 Å². The highest BCUT2D eigenvalue weighted by molar-refractivity contribution is 9.11. The fourth-order valence-corrected chi connectivity index (χ4v) is 5.89. The van der Waals surface area contributed by atoms with Gasteiger partial charge < -0.3 is 0 Å². The van der Waals surface area contributed by atoms with Crippen LogP contribution < -0.4 is 4.72 Å². The molecule has 3 nitrogen and oxygen atoms in total. The number of alkyl halides is 1. The van der Waals surface area contributed by atoms with Crippen LogP contribution in [0.3, 0.4) is 0 Å². The summed E-state index contributed by atoms with van der Waals surface area (Å²) in [5.41, 5.74) is 0.993. The molecule has 1 saturated carbocycles. The summed E-state index contributed by atoms with van der Waals surface area (Å²) in [6.07, 6.45) is 3.34. The van der Waals surface area contributed by atoms with Gasteiger partial charge in [0, 0.05) is 20.3 Å². The van der Waals surface area contributed by atoms with Crippen molar-refractivity contribution in [2.75, 3.05) is 6.54 Å². The fraction of sp³-hybridized carbons (Fsp3) is 0.538. The molecule has 1 aromatic rings. The van der Waals surface area contributed by atoms with Gasteiger partial charge in [0.05, 0.1) is 4.90 Å². The largest absolute Gasteiger partial charge is 0.241 e. The van der Waals surface area contributed by atoms with E-state index in [1.54, 1.807) is 6.07 Å². The molecule has 1 aliphatic carbocycles. The molecule has 1 aliphatic rings. The van der Waals surface area contributed by atoms with E-state index in [2.05, 4.69) is 52.5 Å². The second kappa shape index (κ2) is 6.77. The van der Waals surface area contributed by atoms with E-state index in [9.17, 15) is 8.42 Å². The van der Waals surface area contributed by atoms with Gasteiger partial charge in [0.1, 0.15) is 0 Å². The molecule has 1 fully saturated rings. The maximum absolute atomic E-state index is 12.4. The Labute approximate surface area is 145 Å². The second-order valence-electron chi connectivity index (χ2n) is 5.09. The van der Waals surface area contributed by atoms with E-state index in [4.69, 9.17) is 0 Å². The minimum atomic E-state index is -3.49. The number of rotatable bonds is 4. The first-order chi connectivity index (χ1) is 9.31. The molecule has 2 atom stereocenters. The number of benzene rings is 1. The van der Waals surface area contributed by atoms with Crippen LogP contribution in [-0.4, -0.2) is 19.8 Å². The Morgan fingerprint density at radius 1 is 1.25 bits per heavy atom. The topological polar surface area (TPSA) is 46.2 Å². The van der Waals surface area contributed by atoms with Crippen LogP contribution in [0.1, 0.15) is 24.8 Å². The molecule has 1 aromatic carbocycles. The number of aryl methyl sites for hydroxylation is 1. The molecule has 0 radical (unpaired) electrons. The fourth-order valence-electron chi connectivity index (χ4n) is 2.35. The first kappa shape index (κ1) is 16.9. The van der Waals surface area contributed by atoms with Gasteiger partial charge in [0.2, 0.25) is 10.0 Å². The number of sulfonamides is 1. The van der Waals surface area contributed by atoms with Crippen LogP contribution in [0.4, 0.5) is 0 Å². The van der Waals surface area contributed by atoms with Gasteiger partial charge in [0.15, 0.2) is 0 Å². The normalized spacial score (nSPS) is 23.2. The van der Waals surface area contributed by atoms with Crippen molar-refractivity contribution in [1.29, 1.82) is 0 Å². The van der Waals surface area contributed by atoms with Gasteiger partial charge >= 0.3 is 0 Å². The Bertz CT molecular complexity index is 604. The number of hydrogen-bond acceptors (Lipinski definition) is 2.